The number of anilines is 1. The van der Waals surface area contributed by atoms with E-state index in [9.17, 15) is 0 Å². The van der Waals surface area contributed by atoms with Crippen LogP contribution < -0.4 is 15.0 Å². The first-order valence-electron chi connectivity index (χ1n) is 7.34. The summed E-state index contributed by atoms with van der Waals surface area (Å²) in [7, 11) is 1.63. The number of nitrogens with zero attached hydrogens (tertiary/aromatic N) is 3. The van der Waals surface area contributed by atoms with Crippen molar-refractivity contribution in [2.45, 2.75) is 39.2 Å². The summed E-state index contributed by atoms with van der Waals surface area (Å²) in [6, 6.07) is 0. The maximum Gasteiger partial charge on any atom is 0.233 e. The molecule has 20 heavy (non-hydrogen) atoms. The summed E-state index contributed by atoms with van der Waals surface area (Å²) in [5, 5.41) is 3.60. The summed E-state index contributed by atoms with van der Waals surface area (Å²) >= 11 is 0. The number of piperidine rings is 1. The summed E-state index contributed by atoms with van der Waals surface area (Å²) in [5.74, 6) is 2.17. The molecule has 0 spiro atoms. The first kappa shape index (κ1) is 15.0. The van der Waals surface area contributed by atoms with Crippen LogP contribution in [0.2, 0.25) is 0 Å². The lowest BCUT2D eigenvalue weighted by Crippen LogP contribution is -2.44. The molecule has 5 heteroatoms. The Bertz CT molecular complexity index is 430. The molecular weight excluding hydrogens is 252 g/mol. The SMILES string of the molecule is COc1cncc(N2CCCC(CNC(C)(C)C)C2)n1. The lowest BCUT2D eigenvalue weighted by molar-refractivity contribution is 0.334. The Morgan fingerprint density at radius 2 is 2.20 bits per heavy atom. The largest absolute Gasteiger partial charge is 0.480 e. The fourth-order valence-electron chi connectivity index (χ4n) is 2.48. The zero-order valence-electron chi connectivity index (χ0n) is 13.0. The molecule has 0 radical (unpaired) electrons. The maximum absolute atomic E-state index is 5.15. The van der Waals surface area contributed by atoms with Gasteiger partial charge in [0.05, 0.1) is 19.5 Å². The van der Waals surface area contributed by atoms with E-state index < -0.39 is 0 Å². The predicted octanol–water partition coefficient (Wildman–Crippen LogP) is 2.09. The quantitative estimate of drug-likeness (QED) is 0.914. The van der Waals surface area contributed by atoms with Crippen LogP contribution in [0.4, 0.5) is 5.82 Å². The molecule has 1 aromatic heterocycles. The van der Waals surface area contributed by atoms with Gasteiger partial charge in [0.15, 0.2) is 5.82 Å². The molecule has 0 saturated carbocycles. The third-order valence-electron chi connectivity index (χ3n) is 3.57. The fourth-order valence-corrected chi connectivity index (χ4v) is 2.48. The molecule has 1 aliphatic rings. The molecule has 1 atom stereocenters. The first-order valence-corrected chi connectivity index (χ1v) is 7.34. The third-order valence-corrected chi connectivity index (χ3v) is 3.57. The van der Waals surface area contributed by atoms with Crippen LogP contribution in [-0.2, 0) is 0 Å². The maximum atomic E-state index is 5.15. The molecule has 0 bridgehead atoms. The molecule has 5 nitrogen and oxygen atoms in total. The van der Waals surface area contributed by atoms with E-state index in [1.165, 1.54) is 12.8 Å². The number of nitrogens with one attached hydrogen (secondary N) is 1. The minimum absolute atomic E-state index is 0.179. The Morgan fingerprint density at radius 3 is 2.90 bits per heavy atom. The van der Waals surface area contributed by atoms with E-state index in [2.05, 4.69) is 41.0 Å². The molecule has 0 aliphatic carbocycles. The summed E-state index contributed by atoms with van der Waals surface area (Å²) in [5.41, 5.74) is 0.179. The first-order chi connectivity index (χ1) is 9.48. The highest BCUT2D eigenvalue weighted by Gasteiger charge is 2.22. The van der Waals surface area contributed by atoms with E-state index in [-0.39, 0.29) is 5.54 Å². The number of ether oxygens (including phenoxy) is 1. The van der Waals surface area contributed by atoms with Crippen molar-refractivity contribution < 1.29 is 4.74 Å². The Kier molecular flexibility index (Phi) is 4.81. The molecule has 112 valence electrons. The van der Waals surface area contributed by atoms with Gasteiger partial charge in [-0.25, -0.2) is 0 Å². The second-order valence-corrected chi connectivity index (χ2v) is 6.50. The Labute approximate surface area is 121 Å². The molecule has 1 aliphatic heterocycles. The van der Waals surface area contributed by atoms with Crippen LogP contribution in [0.1, 0.15) is 33.6 Å². The average Bonchev–Trinajstić information content (AvgIpc) is 2.45. The molecule has 0 amide bonds. The van der Waals surface area contributed by atoms with Crippen molar-refractivity contribution in [1.29, 1.82) is 0 Å². The minimum atomic E-state index is 0.179. The molecule has 1 N–H and O–H groups in total. The standard InChI is InChI=1S/C15H26N4O/c1-15(2,3)17-8-12-6-5-7-19(11-12)13-9-16-10-14(18-13)20-4/h9-10,12,17H,5-8,11H2,1-4H3. The van der Waals surface area contributed by atoms with Gasteiger partial charge in [-0.05, 0) is 39.5 Å². The molecule has 1 fully saturated rings. The van der Waals surface area contributed by atoms with Gasteiger partial charge >= 0.3 is 0 Å². The van der Waals surface area contributed by atoms with Crippen molar-refractivity contribution in [2.24, 2.45) is 5.92 Å². The van der Waals surface area contributed by atoms with Gasteiger partial charge in [0.2, 0.25) is 5.88 Å². The lowest BCUT2D eigenvalue weighted by Gasteiger charge is -2.35. The van der Waals surface area contributed by atoms with Gasteiger partial charge in [0.1, 0.15) is 0 Å². The number of hydrogen-bond donors (Lipinski definition) is 1. The Hall–Kier alpha value is -1.36. The van der Waals surface area contributed by atoms with Crippen molar-refractivity contribution in [3.8, 4) is 5.88 Å². The molecule has 2 rings (SSSR count). The summed E-state index contributed by atoms with van der Waals surface area (Å²) in [4.78, 5) is 11.0. The molecule has 1 unspecified atom stereocenters. The monoisotopic (exact) mass is 278 g/mol. The van der Waals surface area contributed by atoms with Gasteiger partial charge in [-0.3, -0.25) is 4.98 Å². The van der Waals surface area contributed by atoms with Gasteiger partial charge in [0.25, 0.3) is 0 Å². The molecule has 1 aromatic rings. The van der Waals surface area contributed by atoms with Gasteiger partial charge < -0.3 is 15.0 Å². The molecular formula is C15H26N4O. The van der Waals surface area contributed by atoms with Gasteiger partial charge in [-0.1, -0.05) is 0 Å². The van der Waals surface area contributed by atoms with E-state index in [1.54, 1.807) is 13.3 Å². The van der Waals surface area contributed by atoms with E-state index in [1.807, 2.05) is 6.20 Å². The number of rotatable bonds is 4. The van der Waals surface area contributed by atoms with Gasteiger partial charge in [-0.2, -0.15) is 4.98 Å². The van der Waals surface area contributed by atoms with Crippen LogP contribution in [0.3, 0.4) is 0 Å². The lowest BCUT2D eigenvalue weighted by atomic mass is 9.96. The molecule has 0 aromatic carbocycles. The van der Waals surface area contributed by atoms with Crippen molar-refractivity contribution >= 4 is 5.82 Å². The highest BCUT2D eigenvalue weighted by Crippen LogP contribution is 2.22. The van der Waals surface area contributed by atoms with Crippen LogP contribution in [0.5, 0.6) is 5.88 Å². The summed E-state index contributed by atoms with van der Waals surface area (Å²) in [6.45, 7) is 9.76. The van der Waals surface area contributed by atoms with E-state index >= 15 is 0 Å². The van der Waals surface area contributed by atoms with Gasteiger partial charge in [0, 0.05) is 25.2 Å². The number of hydrogen-bond acceptors (Lipinski definition) is 5. The van der Waals surface area contributed by atoms with Crippen LogP contribution in [0.15, 0.2) is 12.4 Å². The summed E-state index contributed by atoms with van der Waals surface area (Å²) in [6.07, 6.45) is 5.94. The van der Waals surface area contributed by atoms with Crippen molar-refractivity contribution in [3.63, 3.8) is 0 Å². The van der Waals surface area contributed by atoms with Crippen LogP contribution >= 0.6 is 0 Å². The predicted molar refractivity (Wildman–Crippen MR) is 81.3 cm³/mol. The Morgan fingerprint density at radius 1 is 1.40 bits per heavy atom. The van der Waals surface area contributed by atoms with Crippen LogP contribution in [0.25, 0.3) is 0 Å². The number of methoxy groups -OCH3 is 1. The van der Waals surface area contributed by atoms with Crippen LogP contribution in [-0.4, -0.2) is 42.3 Å². The normalized spacial score (nSPS) is 20.0. The van der Waals surface area contributed by atoms with Crippen LogP contribution in [0, 0.1) is 5.92 Å². The minimum Gasteiger partial charge on any atom is -0.480 e. The van der Waals surface area contributed by atoms with E-state index in [0.29, 0.717) is 11.8 Å². The van der Waals surface area contributed by atoms with Gasteiger partial charge in [-0.15, -0.1) is 0 Å². The highest BCUT2D eigenvalue weighted by atomic mass is 16.5. The second-order valence-electron chi connectivity index (χ2n) is 6.50. The molecule has 2 heterocycles. The van der Waals surface area contributed by atoms with E-state index in [4.69, 9.17) is 4.74 Å². The summed E-state index contributed by atoms with van der Waals surface area (Å²) < 4.78 is 5.15. The Balaban J connectivity index is 1.95. The fraction of sp³-hybridized carbons (Fsp3) is 0.733. The third kappa shape index (κ3) is 4.34. The second kappa shape index (κ2) is 6.39. The van der Waals surface area contributed by atoms with E-state index in [0.717, 1.165) is 25.5 Å². The smallest absolute Gasteiger partial charge is 0.233 e. The zero-order valence-corrected chi connectivity index (χ0v) is 13.0. The average molecular weight is 278 g/mol. The van der Waals surface area contributed by atoms with Crippen molar-refractivity contribution in [3.05, 3.63) is 12.4 Å². The zero-order chi connectivity index (χ0) is 14.6. The number of aromatic nitrogens is 2. The molecule has 1 saturated heterocycles. The highest BCUT2D eigenvalue weighted by molar-refractivity contribution is 5.38. The van der Waals surface area contributed by atoms with Crippen molar-refractivity contribution in [1.82, 2.24) is 15.3 Å². The van der Waals surface area contributed by atoms with Crippen molar-refractivity contribution in [2.75, 3.05) is 31.6 Å². The topological polar surface area (TPSA) is 50.3 Å².